The maximum atomic E-state index is 5.61. The molecule has 0 fully saturated rings. The lowest BCUT2D eigenvalue weighted by molar-refractivity contribution is 0.211. The van der Waals surface area contributed by atoms with Crippen molar-refractivity contribution in [3.8, 4) is 0 Å². The molecular formula is C14H26N4. The average Bonchev–Trinajstić information content (AvgIpc) is 2.28. The van der Waals surface area contributed by atoms with Gasteiger partial charge in [0.15, 0.2) is 0 Å². The van der Waals surface area contributed by atoms with E-state index in [2.05, 4.69) is 48.8 Å². The molecule has 0 spiro atoms. The van der Waals surface area contributed by atoms with Gasteiger partial charge in [0.2, 0.25) is 0 Å². The highest BCUT2D eigenvalue weighted by molar-refractivity contribution is 5.29. The lowest BCUT2D eigenvalue weighted by Crippen LogP contribution is -2.34. The number of nitrogens with zero attached hydrogens (tertiary/aromatic N) is 3. The summed E-state index contributed by atoms with van der Waals surface area (Å²) in [5.41, 5.74) is 6.83. The second-order valence-electron chi connectivity index (χ2n) is 5.52. The molecular weight excluding hydrogens is 224 g/mol. The summed E-state index contributed by atoms with van der Waals surface area (Å²) in [4.78, 5) is 8.83. The fraction of sp³-hybridized carbons (Fsp3) is 0.643. The SMILES string of the molecule is CC(C)CN(CCN(C)C)Cc1ccc(N)nc1. The second kappa shape index (κ2) is 7.34. The molecule has 18 heavy (non-hydrogen) atoms. The molecule has 1 heterocycles. The van der Waals surface area contributed by atoms with Crippen LogP contribution in [0.2, 0.25) is 0 Å². The largest absolute Gasteiger partial charge is 0.384 e. The highest BCUT2D eigenvalue weighted by Crippen LogP contribution is 2.08. The first-order chi connectivity index (χ1) is 8.47. The monoisotopic (exact) mass is 250 g/mol. The number of hydrogen-bond donors (Lipinski definition) is 1. The number of rotatable bonds is 7. The molecule has 2 N–H and O–H groups in total. The molecule has 0 saturated heterocycles. The van der Waals surface area contributed by atoms with Gasteiger partial charge in [0.1, 0.15) is 5.82 Å². The summed E-state index contributed by atoms with van der Waals surface area (Å²) in [6.07, 6.45) is 1.87. The minimum absolute atomic E-state index is 0.586. The third-order valence-electron chi connectivity index (χ3n) is 2.74. The molecule has 0 radical (unpaired) electrons. The van der Waals surface area contributed by atoms with Crippen molar-refractivity contribution in [3.63, 3.8) is 0 Å². The Kier molecular flexibility index (Phi) is 6.09. The molecule has 0 atom stereocenters. The van der Waals surface area contributed by atoms with Crippen LogP contribution in [0.25, 0.3) is 0 Å². The molecule has 1 aromatic rings. The first kappa shape index (κ1) is 14.9. The third kappa shape index (κ3) is 5.98. The van der Waals surface area contributed by atoms with Gasteiger partial charge in [0.05, 0.1) is 0 Å². The van der Waals surface area contributed by atoms with Gasteiger partial charge in [0, 0.05) is 32.4 Å². The second-order valence-corrected chi connectivity index (χ2v) is 5.52. The molecule has 0 saturated carbocycles. The van der Waals surface area contributed by atoms with Crippen LogP contribution in [0.3, 0.4) is 0 Å². The van der Waals surface area contributed by atoms with E-state index >= 15 is 0 Å². The van der Waals surface area contributed by atoms with Crippen molar-refractivity contribution in [2.24, 2.45) is 5.92 Å². The zero-order chi connectivity index (χ0) is 13.5. The maximum Gasteiger partial charge on any atom is 0.123 e. The van der Waals surface area contributed by atoms with E-state index < -0.39 is 0 Å². The van der Waals surface area contributed by atoms with Crippen LogP contribution in [-0.2, 0) is 6.54 Å². The molecule has 0 bridgehead atoms. The number of aromatic nitrogens is 1. The summed E-state index contributed by atoms with van der Waals surface area (Å²) < 4.78 is 0. The highest BCUT2D eigenvalue weighted by atomic mass is 15.2. The first-order valence-corrected chi connectivity index (χ1v) is 6.55. The summed E-state index contributed by atoms with van der Waals surface area (Å²) >= 11 is 0. The number of nitrogens with two attached hydrogens (primary N) is 1. The number of hydrogen-bond acceptors (Lipinski definition) is 4. The Bertz CT molecular complexity index is 332. The zero-order valence-corrected chi connectivity index (χ0v) is 12.1. The molecule has 4 nitrogen and oxygen atoms in total. The van der Waals surface area contributed by atoms with Gasteiger partial charge in [-0.3, -0.25) is 4.90 Å². The number of anilines is 1. The van der Waals surface area contributed by atoms with Gasteiger partial charge >= 0.3 is 0 Å². The Balaban J connectivity index is 2.56. The smallest absolute Gasteiger partial charge is 0.123 e. The highest BCUT2D eigenvalue weighted by Gasteiger charge is 2.08. The van der Waals surface area contributed by atoms with Crippen molar-refractivity contribution >= 4 is 5.82 Å². The Labute approximate surface area is 111 Å². The van der Waals surface area contributed by atoms with E-state index in [-0.39, 0.29) is 0 Å². The van der Waals surface area contributed by atoms with Crippen molar-refractivity contribution in [1.82, 2.24) is 14.8 Å². The Morgan fingerprint density at radius 2 is 1.94 bits per heavy atom. The van der Waals surface area contributed by atoms with Gasteiger partial charge in [-0.05, 0) is 31.6 Å². The molecule has 0 amide bonds. The van der Waals surface area contributed by atoms with Crippen LogP contribution < -0.4 is 5.73 Å². The van der Waals surface area contributed by atoms with Crippen molar-refractivity contribution in [3.05, 3.63) is 23.9 Å². The number of likely N-dealkylation sites (N-methyl/N-ethyl adjacent to an activating group) is 1. The zero-order valence-electron chi connectivity index (χ0n) is 12.1. The fourth-order valence-electron chi connectivity index (χ4n) is 1.88. The van der Waals surface area contributed by atoms with Gasteiger partial charge in [0.25, 0.3) is 0 Å². The van der Waals surface area contributed by atoms with Crippen LogP contribution in [0.1, 0.15) is 19.4 Å². The van der Waals surface area contributed by atoms with Gasteiger partial charge in [-0.2, -0.15) is 0 Å². The van der Waals surface area contributed by atoms with E-state index in [1.165, 1.54) is 5.56 Å². The summed E-state index contributed by atoms with van der Waals surface area (Å²) in [6.45, 7) is 8.72. The number of pyridine rings is 1. The summed E-state index contributed by atoms with van der Waals surface area (Å²) in [5.74, 6) is 1.26. The van der Waals surface area contributed by atoms with Crippen LogP contribution in [0.4, 0.5) is 5.82 Å². The van der Waals surface area contributed by atoms with Gasteiger partial charge in [-0.25, -0.2) is 4.98 Å². The molecule has 0 aliphatic heterocycles. The van der Waals surface area contributed by atoms with Gasteiger partial charge < -0.3 is 10.6 Å². The normalized spacial score (nSPS) is 11.7. The van der Waals surface area contributed by atoms with Crippen LogP contribution in [0.15, 0.2) is 18.3 Å². The maximum absolute atomic E-state index is 5.61. The van der Waals surface area contributed by atoms with E-state index in [4.69, 9.17) is 5.73 Å². The third-order valence-corrected chi connectivity index (χ3v) is 2.74. The summed E-state index contributed by atoms with van der Waals surface area (Å²) in [5, 5.41) is 0. The predicted molar refractivity (Wildman–Crippen MR) is 77.3 cm³/mol. The van der Waals surface area contributed by atoms with E-state index in [1.807, 2.05) is 12.3 Å². The molecule has 4 heteroatoms. The standard InChI is InChI=1S/C14H26N4/c1-12(2)10-18(8-7-17(3)4)11-13-5-6-14(15)16-9-13/h5-6,9,12H,7-8,10-11H2,1-4H3,(H2,15,16). The molecule has 0 unspecified atom stereocenters. The van der Waals surface area contributed by atoms with Crippen molar-refractivity contribution < 1.29 is 0 Å². The Morgan fingerprint density at radius 1 is 1.22 bits per heavy atom. The molecule has 1 rings (SSSR count). The van der Waals surface area contributed by atoms with Crippen LogP contribution in [-0.4, -0.2) is 48.5 Å². The fourth-order valence-corrected chi connectivity index (χ4v) is 1.88. The van der Waals surface area contributed by atoms with Crippen LogP contribution >= 0.6 is 0 Å². The predicted octanol–water partition coefficient (Wildman–Crippen LogP) is 1.68. The van der Waals surface area contributed by atoms with Crippen LogP contribution in [0.5, 0.6) is 0 Å². The molecule has 102 valence electrons. The van der Waals surface area contributed by atoms with E-state index in [9.17, 15) is 0 Å². The average molecular weight is 250 g/mol. The van der Waals surface area contributed by atoms with Crippen molar-refractivity contribution in [1.29, 1.82) is 0 Å². The molecule has 0 aliphatic rings. The topological polar surface area (TPSA) is 45.4 Å². The van der Waals surface area contributed by atoms with Gasteiger partial charge in [-0.1, -0.05) is 19.9 Å². The first-order valence-electron chi connectivity index (χ1n) is 6.55. The van der Waals surface area contributed by atoms with Crippen LogP contribution in [0, 0.1) is 5.92 Å². The lowest BCUT2D eigenvalue weighted by atomic mass is 10.2. The minimum Gasteiger partial charge on any atom is -0.384 e. The molecule has 1 aromatic heterocycles. The quantitative estimate of drug-likeness (QED) is 0.800. The van der Waals surface area contributed by atoms with E-state index in [0.29, 0.717) is 11.7 Å². The van der Waals surface area contributed by atoms with E-state index in [1.54, 1.807) is 0 Å². The summed E-state index contributed by atoms with van der Waals surface area (Å²) in [6, 6.07) is 3.93. The van der Waals surface area contributed by atoms with E-state index in [0.717, 1.165) is 26.2 Å². The van der Waals surface area contributed by atoms with Crippen molar-refractivity contribution in [2.45, 2.75) is 20.4 Å². The summed E-state index contributed by atoms with van der Waals surface area (Å²) in [7, 11) is 4.22. The molecule has 0 aliphatic carbocycles. The van der Waals surface area contributed by atoms with Crippen molar-refractivity contribution in [2.75, 3.05) is 39.5 Å². The minimum atomic E-state index is 0.586. The number of nitrogen functional groups attached to an aromatic ring is 1. The molecule has 0 aromatic carbocycles. The Hall–Kier alpha value is -1.13. The Morgan fingerprint density at radius 3 is 2.44 bits per heavy atom. The lowest BCUT2D eigenvalue weighted by Gasteiger charge is -2.25. The van der Waals surface area contributed by atoms with Gasteiger partial charge in [-0.15, -0.1) is 0 Å².